The first-order chi connectivity index (χ1) is 19.4. The van der Waals surface area contributed by atoms with Gasteiger partial charge in [-0.2, -0.15) is 0 Å². The first kappa shape index (κ1) is 28.8. The van der Waals surface area contributed by atoms with Gasteiger partial charge in [0.1, 0.15) is 0 Å². The highest BCUT2D eigenvalue weighted by Gasteiger charge is 2.56. The van der Waals surface area contributed by atoms with Crippen LogP contribution in [0.25, 0.3) is 11.6 Å². The molecule has 2 amide bonds. The summed E-state index contributed by atoms with van der Waals surface area (Å²) in [5, 5.41) is 10.3. The molecule has 2 aliphatic heterocycles. The average molecular weight is 657 g/mol. The van der Waals surface area contributed by atoms with E-state index in [1.165, 1.54) is 16.0 Å². The number of imide groups is 1. The Morgan fingerprint density at radius 1 is 1.20 bits per heavy atom. The summed E-state index contributed by atoms with van der Waals surface area (Å²) in [6.07, 6.45) is 8.65. The molecule has 0 radical (unpaired) electrons. The molecule has 0 spiro atoms. The van der Waals surface area contributed by atoms with E-state index >= 15 is 0 Å². The van der Waals surface area contributed by atoms with Crippen molar-refractivity contribution in [1.82, 2.24) is 9.88 Å². The summed E-state index contributed by atoms with van der Waals surface area (Å²) in [6, 6.07) is 9.65. The van der Waals surface area contributed by atoms with Crippen LogP contribution in [0.4, 0.5) is 0 Å². The van der Waals surface area contributed by atoms with E-state index in [0.29, 0.717) is 28.9 Å². The summed E-state index contributed by atoms with van der Waals surface area (Å²) in [5.41, 5.74) is 5.45. The Morgan fingerprint density at radius 2 is 2.02 bits per heavy atom. The van der Waals surface area contributed by atoms with Crippen molar-refractivity contribution in [2.75, 3.05) is 20.3 Å². The van der Waals surface area contributed by atoms with Crippen molar-refractivity contribution in [1.29, 1.82) is 0 Å². The number of phenols is 1. The van der Waals surface area contributed by atoms with E-state index in [1.807, 2.05) is 37.3 Å². The van der Waals surface area contributed by atoms with Crippen molar-refractivity contribution in [3.05, 3.63) is 62.5 Å². The lowest BCUT2D eigenvalue weighted by molar-refractivity contribution is -0.140. The van der Waals surface area contributed by atoms with Crippen molar-refractivity contribution in [3.63, 3.8) is 0 Å². The minimum atomic E-state index is -0.294. The van der Waals surface area contributed by atoms with Gasteiger partial charge < -0.3 is 14.6 Å². The number of hydrogen-bond donors (Lipinski definition) is 1. The van der Waals surface area contributed by atoms with Crippen molar-refractivity contribution in [2.45, 2.75) is 58.5 Å². The van der Waals surface area contributed by atoms with Gasteiger partial charge in [-0.3, -0.25) is 19.5 Å². The van der Waals surface area contributed by atoms with Gasteiger partial charge in [0.25, 0.3) is 0 Å². The number of phenolic OH excluding ortho intramolecular Hbond substituents is 1. The van der Waals surface area contributed by atoms with Crippen molar-refractivity contribution in [3.8, 4) is 11.5 Å². The second-order valence-electron chi connectivity index (χ2n) is 10.9. The number of fused-ring (bicyclic) bond motifs is 3. The van der Waals surface area contributed by atoms with Gasteiger partial charge in [-0.1, -0.05) is 31.9 Å². The smallest absolute Gasteiger partial charge is 0.233 e. The number of aromatic nitrogens is 1. The Balaban J connectivity index is 1.44. The topological polar surface area (TPSA) is 89.0 Å². The fourth-order valence-corrected chi connectivity index (χ4v) is 7.29. The first-order valence-corrected chi connectivity index (χ1v) is 15.3. The van der Waals surface area contributed by atoms with Gasteiger partial charge in [-0.25, -0.2) is 0 Å². The predicted molar refractivity (Wildman–Crippen MR) is 162 cm³/mol. The van der Waals surface area contributed by atoms with Gasteiger partial charge in [-0.15, -0.1) is 0 Å². The van der Waals surface area contributed by atoms with E-state index in [4.69, 9.17) is 9.47 Å². The minimum Gasteiger partial charge on any atom is -0.504 e. The maximum absolute atomic E-state index is 13.4. The number of halogens is 1. The third kappa shape index (κ3) is 5.44. The molecule has 8 heteroatoms. The summed E-state index contributed by atoms with van der Waals surface area (Å²) >= 11 is 2.11. The van der Waals surface area contributed by atoms with Gasteiger partial charge in [0, 0.05) is 18.7 Å². The van der Waals surface area contributed by atoms with Crippen LogP contribution in [0.1, 0.15) is 63.6 Å². The van der Waals surface area contributed by atoms with E-state index in [-0.39, 0.29) is 41.4 Å². The van der Waals surface area contributed by atoms with Crippen LogP contribution in [-0.2, 0) is 14.3 Å². The Morgan fingerprint density at radius 3 is 2.73 bits per heavy atom. The molecule has 0 unspecified atom stereocenters. The Hall–Kier alpha value is -2.72. The molecule has 2 saturated heterocycles. The number of methoxy groups -OCH3 is 1. The average Bonchev–Trinajstić information content (AvgIpc) is 3.48. The third-order valence-corrected chi connectivity index (χ3v) is 9.20. The van der Waals surface area contributed by atoms with E-state index in [0.717, 1.165) is 48.9 Å². The number of amides is 2. The molecule has 3 aliphatic rings. The standard InChI is InChI=1S/C32H37IN2O5/c1-4-8-21-17-22-29(32(38)35(13-5-2)31(22)37)23-18-40-26(28(21)23)11-10-20(25-9-6-7-12-34-25)14-19-15-24(33)30(36)27(16-19)39-3/h6-7,9,12,14-16,22-23,26,29,36H,4-5,8,10-11,13,17-18H2,1-3H3/b20-14-/t22-,23+,26-,29-/m1/s1. The highest BCUT2D eigenvalue weighted by atomic mass is 127. The zero-order valence-corrected chi connectivity index (χ0v) is 25.5. The van der Waals surface area contributed by atoms with Crippen LogP contribution in [-0.4, -0.2) is 53.2 Å². The second kappa shape index (κ2) is 12.4. The van der Waals surface area contributed by atoms with Crippen LogP contribution in [0.15, 0.2) is 47.7 Å². The lowest BCUT2D eigenvalue weighted by Crippen LogP contribution is -2.34. The first-order valence-electron chi connectivity index (χ1n) is 14.2. The number of nitrogens with zero attached hydrogens (tertiary/aromatic N) is 2. The quantitative estimate of drug-likeness (QED) is 0.185. The van der Waals surface area contributed by atoms with Gasteiger partial charge in [0.2, 0.25) is 11.8 Å². The molecule has 3 heterocycles. The van der Waals surface area contributed by atoms with E-state index in [9.17, 15) is 14.7 Å². The molecule has 1 aromatic heterocycles. The fraction of sp³-hybridized carbons (Fsp3) is 0.469. The number of aromatic hydroxyl groups is 1. The molecule has 1 aromatic carbocycles. The van der Waals surface area contributed by atoms with Crippen molar-refractivity contribution < 1.29 is 24.2 Å². The Bertz CT molecular complexity index is 1340. The Kier molecular flexibility index (Phi) is 8.95. The molecule has 4 atom stereocenters. The van der Waals surface area contributed by atoms with Gasteiger partial charge >= 0.3 is 0 Å². The summed E-state index contributed by atoms with van der Waals surface area (Å²) in [7, 11) is 1.55. The zero-order valence-electron chi connectivity index (χ0n) is 23.4. The van der Waals surface area contributed by atoms with Crippen LogP contribution >= 0.6 is 22.6 Å². The SMILES string of the molecule is CCCC1=C2[C@@H](CC/C(=C/c3cc(I)c(O)c(OC)c3)c3ccccn3)OC[C@@H]2[C@@H]2C(=O)N(CCC)C(=O)[C@@H]2C1. The van der Waals surface area contributed by atoms with Crippen LogP contribution < -0.4 is 4.74 Å². The molecular formula is C32H37IN2O5. The predicted octanol–water partition coefficient (Wildman–Crippen LogP) is 6.25. The highest BCUT2D eigenvalue weighted by molar-refractivity contribution is 14.1. The number of benzene rings is 1. The summed E-state index contributed by atoms with van der Waals surface area (Å²) in [6.45, 7) is 5.16. The van der Waals surface area contributed by atoms with Crippen LogP contribution in [0.3, 0.4) is 0 Å². The largest absolute Gasteiger partial charge is 0.504 e. The summed E-state index contributed by atoms with van der Waals surface area (Å²) in [5.74, 6) is 0.00260. The summed E-state index contributed by atoms with van der Waals surface area (Å²) < 4.78 is 12.5. The van der Waals surface area contributed by atoms with E-state index in [1.54, 1.807) is 13.3 Å². The number of carbonyl (C=O) groups is 2. The molecule has 1 aliphatic carbocycles. The molecule has 40 heavy (non-hydrogen) atoms. The molecule has 5 rings (SSSR count). The molecule has 2 fully saturated rings. The monoisotopic (exact) mass is 656 g/mol. The maximum Gasteiger partial charge on any atom is 0.233 e. The van der Waals surface area contributed by atoms with Crippen LogP contribution in [0.5, 0.6) is 11.5 Å². The number of pyridine rings is 1. The van der Waals surface area contributed by atoms with Crippen LogP contribution in [0, 0.1) is 21.3 Å². The van der Waals surface area contributed by atoms with Crippen molar-refractivity contribution in [2.24, 2.45) is 17.8 Å². The lowest BCUT2D eigenvalue weighted by atomic mass is 9.68. The molecule has 7 nitrogen and oxygen atoms in total. The molecule has 2 aromatic rings. The third-order valence-electron chi connectivity index (χ3n) is 8.38. The maximum atomic E-state index is 13.4. The molecule has 0 bridgehead atoms. The van der Waals surface area contributed by atoms with Gasteiger partial charge in [0.15, 0.2) is 11.5 Å². The normalized spacial score (nSPS) is 24.5. The van der Waals surface area contributed by atoms with E-state index in [2.05, 4.69) is 40.6 Å². The van der Waals surface area contributed by atoms with Gasteiger partial charge in [-0.05, 0) is 102 Å². The number of allylic oxidation sites excluding steroid dienone is 2. The minimum absolute atomic E-state index is 0.00674. The molecule has 1 N–H and O–H groups in total. The zero-order chi connectivity index (χ0) is 28.4. The van der Waals surface area contributed by atoms with Gasteiger partial charge in [0.05, 0.1) is 40.9 Å². The number of ether oxygens (including phenoxy) is 2. The Labute approximate surface area is 249 Å². The van der Waals surface area contributed by atoms with E-state index < -0.39 is 0 Å². The number of carbonyl (C=O) groups excluding carboxylic acids is 2. The molecule has 0 saturated carbocycles. The highest BCUT2D eigenvalue weighted by Crippen LogP contribution is 2.51. The lowest BCUT2D eigenvalue weighted by Gasteiger charge is -2.32. The van der Waals surface area contributed by atoms with Crippen LogP contribution in [0.2, 0.25) is 0 Å². The second-order valence-corrected chi connectivity index (χ2v) is 12.0. The molecular weight excluding hydrogens is 619 g/mol. The number of likely N-dealkylation sites (tertiary alicyclic amines) is 1. The van der Waals surface area contributed by atoms with Crippen molar-refractivity contribution >= 4 is 46.1 Å². The molecule has 212 valence electrons. The fourth-order valence-electron chi connectivity index (χ4n) is 6.67. The number of rotatable bonds is 10. The number of hydrogen-bond acceptors (Lipinski definition) is 6. The summed E-state index contributed by atoms with van der Waals surface area (Å²) in [4.78, 5) is 32.7.